The fourth-order valence-electron chi connectivity index (χ4n) is 10.3. The number of aryl methyl sites for hydroxylation is 1. The molecule has 2 saturated heterocycles. The fraction of sp³-hybridized carbons (Fsp3) is 0.455. The van der Waals surface area contributed by atoms with Crippen molar-refractivity contribution >= 4 is 40.9 Å². The summed E-state index contributed by atoms with van der Waals surface area (Å²) in [6, 6.07) is 18.7. The Morgan fingerprint density at radius 1 is 0.857 bits per heavy atom. The average molecular weight is 756 g/mol. The van der Waals surface area contributed by atoms with Crippen LogP contribution in [-0.4, -0.2) is 77.1 Å². The van der Waals surface area contributed by atoms with Crippen molar-refractivity contribution < 1.29 is 24.0 Å². The Hall–Kier alpha value is -5.54. The van der Waals surface area contributed by atoms with Crippen molar-refractivity contribution in [3.63, 3.8) is 0 Å². The number of rotatable bonds is 8. The fourth-order valence-corrected chi connectivity index (χ4v) is 10.3. The maximum absolute atomic E-state index is 13.5. The van der Waals surface area contributed by atoms with Gasteiger partial charge in [-0.3, -0.25) is 39.1 Å². The molecule has 4 aliphatic heterocycles. The summed E-state index contributed by atoms with van der Waals surface area (Å²) in [6.07, 6.45) is 2.31. The zero-order valence-corrected chi connectivity index (χ0v) is 32.7. The number of hydrogen-bond donors (Lipinski definition) is 3. The van der Waals surface area contributed by atoms with Gasteiger partial charge < -0.3 is 15.5 Å². The van der Waals surface area contributed by atoms with Gasteiger partial charge in [0, 0.05) is 79.0 Å². The van der Waals surface area contributed by atoms with Gasteiger partial charge in [0.15, 0.2) is 0 Å². The van der Waals surface area contributed by atoms with E-state index in [-0.39, 0.29) is 47.6 Å². The molecule has 4 heterocycles. The lowest BCUT2D eigenvalue weighted by Crippen LogP contribution is -2.75. The number of carbonyl (C=O) groups excluding carboxylic acids is 5. The molecule has 5 amide bonds. The van der Waals surface area contributed by atoms with Gasteiger partial charge >= 0.3 is 0 Å². The van der Waals surface area contributed by atoms with Crippen molar-refractivity contribution in [1.29, 1.82) is 5.26 Å². The van der Waals surface area contributed by atoms with Crippen molar-refractivity contribution in [1.82, 2.24) is 20.4 Å². The van der Waals surface area contributed by atoms with Gasteiger partial charge in [-0.25, -0.2) is 0 Å². The van der Waals surface area contributed by atoms with E-state index in [2.05, 4.69) is 59.5 Å². The van der Waals surface area contributed by atoms with E-state index in [4.69, 9.17) is 0 Å². The summed E-state index contributed by atoms with van der Waals surface area (Å²) in [4.78, 5) is 70.0. The molecule has 0 aromatic heterocycles. The van der Waals surface area contributed by atoms with E-state index in [1.165, 1.54) is 0 Å². The molecule has 56 heavy (non-hydrogen) atoms. The van der Waals surface area contributed by atoms with Crippen molar-refractivity contribution in [3.05, 3.63) is 93.5 Å². The molecule has 12 heteroatoms. The van der Waals surface area contributed by atoms with Crippen LogP contribution in [-0.2, 0) is 22.7 Å². The van der Waals surface area contributed by atoms with Gasteiger partial charge in [0.25, 0.3) is 17.7 Å². The smallest absolute Gasteiger partial charge is 0.262 e. The number of nitriles is 1. The summed E-state index contributed by atoms with van der Waals surface area (Å²) < 4.78 is 0. The van der Waals surface area contributed by atoms with Crippen LogP contribution in [0.15, 0.2) is 54.6 Å². The number of imide groups is 2. The second kappa shape index (κ2) is 13.9. The summed E-state index contributed by atoms with van der Waals surface area (Å²) in [5.74, 6) is -1.49. The van der Waals surface area contributed by atoms with Crippen LogP contribution < -0.4 is 20.9 Å². The minimum atomic E-state index is -0.962. The zero-order chi connectivity index (χ0) is 39.7. The predicted octanol–water partition coefficient (Wildman–Crippen LogP) is 5.15. The summed E-state index contributed by atoms with van der Waals surface area (Å²) in [7, 11) is 0. The molecule has 1 atom stereocenters. The maximum Gasteiger partial charge on any atom is 0.262 e. The van der Waals surface area contributed by atoms with Crippen LogP contribution in [0.5, 0.6) is 0 Å². The lowest BCUT2D eigenvalue weighted by atomic mass is 9.48. The lowest BCUT2D eigenvalue weighted by molar-refractivity contribution is -0.136. The van der Waals surface area contributed by atoms with E-state index in [0.29, 0.717) is 41.3 Å². The van der Waals surface area contributed by atoms with E-state index in [9.17, 15) is 29.2 Å². The largest absolute Gasteiger partial charge is 0.381 e. The van der Waals surface area contributed by atoms with Crippen LogP contribution in [0.2, 0.25) is 0 Å². The van der Waals surface area contributed by atoms with Crippen LogP contribution in [0.1, 0.15) is 107 Å². The topological polar surface area (TPSA) is 155 Å². The summed E-state index contributed by atoms with van der Waals surface area (Å²) in [6.45, 7) is 14.8. The first kappa shape index (κ1) is 37.4. The minimum Gasteiger partial charge on any atom is -0.381 e. The molecule has 5 aliphatic rings. The Balaban J connectivity index is 0.822. The van der Waals surface area contributed by atoms with Crippen molar-refractivity contribution in [2.24, 2.45) is 16.7 Å². The first-order valence-corrected chi connectivity index (χ1v) is 19.7. The summed E-state index contributed by atoms with van der Waals surface area (Å²) in [5.41, 5.74) is 6.67. The first-order chi connectivity index (χ1) is 26.6. The van der Waals surface area contributed by atoms with Gasteiger partial charge in [0.1, 0.15) is 6.04 Å². The van der Waals surface area contributed by atoms with Gasteiger partial charge in [0.05, 0.1) is 22.8 Å². The molecule has 0 bridgehead atoms. The Morgan fingerprint density at radius 2 is 1.48 bits per heavy atom. The number of carbonyl (C=O) groups is 5. The van der Waals surface area contributed by atoms with Gasteiger partial charge in [-0.2, -0.15) is 5.26 Å². The van der Waals surface area contributed by atoms with Crippen LogP contribution in [0.25, 0.3) is 0 Å². The van der Waals surface area contributed by atoms with E-state index >= 15 is 0 Å². The van der Waals surface area contributed by atoms with Crippen molar-refractivity contribution in [3.8, 4) is 6.07 Å². The molecular weight excluding hydrogens is 707 g/mol. The lowest BCUT2D eigenvalue weighted by Gasteiger charge is -2.64. The van der Waals surface area contributed by atoms with Crippen LogP contribution in [0, 0.1) is 35.0 Å². The van der Waals surface area contributed by atoms with E-state index in [1.54, 1.807) is 0 Å². The molecule has 3 aromatic rings. The molecule has 0 spiro atoms. The number of fused-ring (bicyclic) bond motifs is 2. The summed E-state index contributed by atoms with van der Waals surface area (Å²) >= 11 is 0. The molecular formula is C44H49N7O5. The van der Waals surface area contributed by atoms with Crippen LogP contribution in [0.3, 0.4) is 0 Å². The number of nitrogens with zero attached hydrogens (tertiary/aromatic N) is 4. The highest BCUT2D eigenvalue weighted by atomic mass is 16.2. The molecule has 3 N–H and O–H groups in total. The van der Waals surface area contributed by atoms with Crippen LogP contribution in [0.4, 0.5) is 11.4 Å². The third-order valence-corrected chi connectivity index (χ3v) is 13.1. The maximum atomic E-state index is 13.5. The van der Waals surface area contributed by atoms with Gasteiger partial charge in [-0.05, 0) is 103 Å². The predicted molar refractivity (Wildman–Crippen MR) is 211 cm³/mol. The highest BCUT2D eigenvalue weighted by molar-refractivity contribution is 6.23. The molecule has 290 valence electrons. The Labute approximate surface area is 327 Å². The number of nitrogens with one attached hydrogen (secondary N) is 3. The van der Waals surface area contributed by atoms with Crippen molar-refractivity contribution in [2.75, 3.05) is 29.9 Å². The third kappa shape index (κ3) is 6.41. The van der Waals surface area contributed by atoms with Gasteiger partial charge in [-0.15, -0.1) is 0 Å². The second-order valence-electron chi connectivity index (χ2n) is 17.5. The van der Waals surface area contributed by atoms with Crippen molar-refractivity contribution in [2.45, 2.75) is 91.5 Å². The van der Waals surface area contributed by atoms with E-state index in [0.717, 1.165) is 65.4 Å². The quantitative estimate of drug-likeness (QED) is 0.265. The molecule has 0 radical (unpaired) electrons. The second-order valence-corrected chi connectivity index (χ2v) is 17.5. The molecule has 1 saturated carbocycles. The molecule has 1 aliphatic carbocycles. The normalized spacial score (nSPS) is 24.2. The minimum absolute atomic E-state index is 0.0391. The number of piperidine rings is 2. The highest BCUT2D eigenvalue weighted by Gasteiger charge is 2.62. The standard InChI is InChI=1S/C44H49N7O5/c1-25-18-31(9-6-28(25)21-45)46-41-43(2,3)42(44(41,4)5)48-37(53)27-7-10-32(11-8-27)50-16-14-26(15-17-50)22-49-23-29-19-33-34(20-30(29)24-49)40(56)51(39(33)55)35-12-13-36(52)47-38(35)54/h6-11,18-20,26,35,41-42,46H,12-17,22-24H2,1-5H3,(H,48,53)(H,47,52,54). The SMILES string of the molecule is Cc1cc(NC2C(C)(C)C(NC(=O)c3ccc(N4CCC(CN5Cc6cc7c(cc6C5)C(=O)N(C5CCC(=O)NC5=O)C7=O)CC4)cc3)C2(C)C)ccc1C#N. The number of anilines is 2. The Morgan fingerprint density at radius 3 is 2.05 bits per heavy atom. The number of hydrogen-bond acceptors (Lipinski definition) is 9. The van der Waals surface area contributed by atoms with E-state index in [1.807, 2.05) is 61.5 Å². The van der Waals surface area contributed by atoms with Gasteiger partial charge in [0.2, 0.25) is 11.8 Å². The summed E-state index contributed by atoms with van der Waals surface area (Å²) in [5, 5.41) is 18.6. The highest BCUT2D eigenvalue weighted by Crippen LogP contribution is 2.55. The monoisotopic (exact) mass is 755 g/mol. The zero-order valence-electron chi connectivity index (χ0n) is 32.7. The molecule has 3 aromatic carbocycles. The molecule has 3 fully saturated rings. The third-order valence-electron chi connectivity index (χ3n) is 13.1. The van der Waals surface area contributed by atoms with Crippen LogP contribution >= 0.6 is 0 Å². The molecule has 8 rings (SSSR count). The average Bonchev–Trinajstić information content (AvgIpc) is 3.67. The Bertz CT molecular complexity index is 2140. The number of benzene rings is 3. The Kier molecular flexibility index (Phi) is 9.27. The molecule has 12 nitrogen and oxygen atoms in total. The first-order valence-electron chi connectivity index (χ1n) is 19.7. The van der Waals surface area contributed by atoms with Gasteiger partial charge in [-0.1, -0.05) is 27.7 Å². The molecule has 1 unspecified atom stereocenters. The number of amides is 5. The van der Waals surface area contributed by atoms with E-state index < -0.39 is 23.8 Å².